The Morgan fingerprint density at radius 2 is 1.76 bits per heavy atom. The summed E-state index contributed by atoms with van der Waals surface area (Å²) in [5.41, 5.74) is -1.87. The van der Waals surface area contributed by atoms with Crippen LogP contribution >= 0.6 is 23.5 Å². The molecule has 0 radical (unpaired) electrons. The van der Waals surface area contributed by atoms with Gasteiger partial charge in [0.15, 0.2) is 12.4 Å². The maximum absolute atomic E-state index is 14.2. The van der Waals surface area contributed by atoms with Gasteiger partial charge in [-0.25, -0.2) is 22.9 Å². The van der Waals surface area contributed by atoms with Crippen molar-refractivity contribution in [1.29, 1.82) is 0 Å². The van der Waals surface area contributed by atoms with Crippen molar-refractivity contribution in [3.63, 3.8) is 0 Å². The average molecular weight is 486 g/mol. The van der Waals surface area contributed by atoms with Crippen LogP contribution in [-0.4, -0.2) is 59.2 Å². The zero-order valence-electron chi connectivity index (χ0n) is 13.7. The molecule has 29 heavy (non-hydrogen) atoms. The third-order valence-corrected chi connectivity index (χ3v) is 7.04. The molecule has 0 aliphatic carbocycles. The zero-order chi connectivity index (χ0) is 22.2. The number of aliphatic hydroxyl groups excluding tert-OH is 1. The number of nitrogens with one attached hydrogen (secondary N) is 1. The second kappa shape index (κ2) is 8.59. The maximum Gasteiger partial charge on any atom is 0.490 e. The molecule has 1 saturated heterocycles. The Morgan fingerprint density at radius 1 is 1.14 bits per heavy atom. The highest BCUT2D eigenvalue weighted by Gasteiger charge is 2.47. The van der Waals surface area contributed by atoms with Crippen molar-refractivity contribution in [3.05, 3.63) is 33.1 Å². The molecule has 1 fully saturated rings. The second-order valence-electron chi connectivity index (χ2n) is 5.40. The number of phosphoric acid groups is 3. The predicted octanol–water partition coefficient (Wildman–Crippen LogP) is -1.52. The predicted molar refractivity (Wildman–Crippen MR) is 86.0 cm³/mol. The van der Waals surface area contributed by atoms with Crippen LogP contribution in [0.25, 0.3) is 0 Å². The molecule has 2 rings (SSSR count). The maximum atomic E-state index is 14.2. The molecule has 0 saturated carbocycles. The van der Waals surface area contributed by atoms with Gasteiger partial charge in [0.2, 0.25) is 0 Å². The molecule has 1 aliphatic heterocycles. The van der Waals surface area contributed by atoms with Crippen molar-refractivity contribution in [2.75, 3.05) is 6.61 Å². The quantitative estimate of drug-likeness (QED) is 0.229. The first-order chi connectivity index (χ1) is 13.1. The first kappa shape index (κ1) is 24.2. The lowest BCUT2D eigenvalue weighted by molar-refractivity contribution is -0.0482. The lowest BCUT2D eigenvalue weighted by Gasteiger charge is -2.19. The van der Waals surface area contributed by atoms with E-state index in [0.717, 1.165) is 12.3 Å². The Kier molecular flexibility index (Phi) is 7.17. The smallest absolute Gasteiger partial charge is 0.387 e. The topological polar surface area (TPSA) is 244 Å². The summed E-state index contributed by atoms with van der Waals surface area (Å²) in [7, 11) is -16.9. The van der Waals surface area contributed by atoms with Gasteiger partial charge in [-0.1, -0.05) is 0 Å². The number of halogens is 1. The van der Waals surface area contributed by atoms with Gasteiger partial charge >= 0.3 is 29.2 Å². The number of aliphatic hydroxyl groups is 1. The number of hydrogen-bond donors (Lipinski definition) is 6. The number of hydrogen-bond acceptors (Lipinski definition) is 10. The van der Waals surface area contributed by atoms with E-state index in [4.69, 9.17) is 19.4 Å². The Morgan fingerprint density at radius 3 is 2.31 bits per heavy atom. The molecule has 0 spiro atoms. The van der Waals surface area contributed by atoms with Crippen molar-refractivity contribution in [1.82, 2.24) is 9.55 Å². The van der Waals surface area contributed by atoms with E-state index in [1.165, 1.54) is 0 Å². The van der Waals surface area contributed by atoms with Gasteiger partial charge in [0.1, 0.15) is 12.2 Å². The summed E-state index contributed by atoms with van der Waals surface area (Å²) in [6, 6.07) is 0.864. The lowest BCUT2D eigenvalue weighted by atomic mass is 10.1. The van der Waals surface area contributed by atoms with E-state index in [0.29, 0.717) is 4.57 Å². The molecule has 6 unspecified atom stereocenters. The molecule has 0 amide bonds. The van der Waals surface area contributed by atoms with Gasteiger partial charge in [0.25, 0.3) is 5.56 Å². The van der Waals surface area contributed by atoms with Crippen LogP contribution in [0.3, 0.4) is 0 Å². The Hall–Kier alpha value is -1.06. The molecule has 16 nitrogen and oxygen atoms in total. The van der Waals surface area contributed by atoms with E-state index in [2.05, 4.69) is 13.1 Å². The van der Waals surface area contributed by atoms with E-state index in [1.54, 1.807) is 0 Å². The van der Waals surface area contributed by atoms with E-state index >= 15 is 0 Å². The number of nitrogens with zero attached hydrogens (tertiary/aromatic N) is 1. The fourth-order valence-electron chi connectivity index (χ4n) is 2.16. The average Bonchev–Trinajstić information content (AvgIpc) is 2.78. The number of ether oxygens (including phenoxy) is 1. The first-order valence-corrected chi connectivity index (χ1v) is 11.7. The van der Waals surface area contributed by atoms with Gasteiger partial charge in [-0.3, -0.25) is 18.9 Å². The van der Waals surface area contributed by atoms with E-state index < -0.39 is 65.9 Å². The summed E-state index contributed by atoms with van der Waals surface area (Å²) in [5, 5.41) is 9.81. The fourth-order valence-corrected chi connectivity index (χ4v) is 5.19. The normalized spacial score (nSPS) is 29.3. The highest BCUT2D eigenvalue weighted by molar-refractivity contribution is 7.66. The van der Waals surface area contributed by atoms with E-state index in [-0.39, 0.29) is 0 Å². The minimum atomic E-state index is -5.75. The second-order valence-corrected chi connectivity index (χ2v) is 9.82. The molecular formula is C9H14FN2O14P3. The number of rotatable bonds is 8. The largest absolute Gasteiger partial charge is 0.490 e. The highest BCUT2D eigenvalue weighted by Crippen LogP contribution is 2.66. The van der Waals surface area contributed by atoms with E-state index in [1.807, 2.05) is 4.98 Å². The van der Waals surface area contributed by atoms with Gasteiger partial charge < -0.3 is 29.4 Å². The molecule has 6 atom stereocenters. The molecule has 0 bridgehead atoms. The Bertz CT molecular complexity index is 1000. The first-order valence-electron chi connectivity index (χ1n) is 7.18. The number of phosphoric ester groups is 1. The minimum Gasteiger partial charge on any atom is -0.387 e. The van der Waals surface area contributed by atoms with Crippen molar-refractivity contribution >= 4 is 23.5 Å². The number of alkyl halides is 1. The summed E-state index contributed by atoms with van der Waals surface area (Å²) in [6.45, 7) is -1.13. The number of aromatic amines is 1. The van der Waals surface area contributed by atoms with Gasteiger partial charge in [-0.2, -0.15) is 8.62 Å². The molecule has 20 heteroatoms. The van der Waals surface area contributed by atoms with Crippen molar-refractivity contribution in [3.8, 4) is 0 Å². The third kappa shape index (κ3) is 6.72. The molecule has 1 aromatic rings. The summed E-state index contributed by atoms with van der Waals surface area (Å²) in [4.78, 5) is 59.7. The van der Waals surface area contributed by atoms with Crippen LogP contribution in [-0.2, 0) is 31.6 Å². The van der Waals surface area contributed by atoms with Crippen LogP contribution in [0.2, 0.25) is 0 Å². The van der Waals surface area contributed by atoms with Crippen molar-refractivity contribution < 1.29 is 60.6 Å². The number of H-pyrrole nitrogens is 1. The van der Waals surface area contributed by atoms with Crippen LogP contribution in [0.4, 0.5) is 4.39 Å². The molecule has 166 valence electrons. The monoisotopic (exact) mass is 486 g/mol. The van der Waals surface area contributed by atoms with Crippen LogP contribution in [0.15, 0.2) is 21.9 Å². The van der Waals surface area contributed by atoms with E-state index in [9.17, 15) is 37.7 Å². The summed E-state index contributed by atoms with van der Waals surface area (Å²) >= 11 is 0. The van der Waals surface area contributed by atoms with Crippen molar-refractivity contribution in [2.45, 2.75) is 24.6 Å². The molecule has 2 heterocycles. The lowest BCUT2D eigenvalue weighted by Crippen LogP contribution is -2.35. The summed E-state index contributed by atoms with van der Waals surface area (Å²) < 4.78 is 64.4. The third-order valence-electron chi connectivity index (χ3n) is 3.24. The standard InChI is InChI=1S/C9H14FN2O14P3/c10-6-7(14)4(24-8(6)12-2-1-5(13)11-9(12)15)3-23-28(19,20)26-29(21,22)25-27(16,17)18/h1-2,4,6-8,14H,3H2,(H,19,20)(H,21,22)(H,11,13,15)(H2,16,17,18). The molecule has 0 aromatic carbocycles. The van der Waals surface area contributed by atoms with Crippen molar-refractivity contribution in [2.24, 2.45) is 0 Å². The fraction of sp³-hybridized carbons (Fsp3) is 0.556. The Balaban J connectivity index is 2.06. The zero-order valence-corrected chi connectivity index (χ0v) is 16.4. The molecule has 1 aromatic heterocycles. The van der Waals surface area contributed by atoms with Gasteiger partial charge in [0, 0.05) is 12.3 Å². The van der Waals surface area contributed by atoms with Crippen LogP contribution in [0.1, 0.15) is 6.23 Å². The molecular weight excluding hydrogens is 472 g/mol. The van der Waals surface area contributed by atoms with Gasteiger partial charge in [0.05, 0.1) is 6.61 Å². The van der Waals surface area contributed by atoms with Crippen LogP contribution < -0.4 is 11.2 Å². The number of aromatic nitrogens is 2. The van der Waals surface area contributed by atoms with Crippen LogP contribution in [0.5, 0.6) is 0 Å². The summed E-state index contributed by atoms with van der Waals surface area (Å²) in [6.07, 6.45) is -6.85. The SMILES string of the molecule is O=c1ccn(C2OC(COP(=O)(O)OP(=O)(O)OP(=O)(O)O)C(O)C2F)c(=O)[nH]1. The molecule has 1 aliphatic rings. The summed E-state index contributed by atoms with van der Waals surface area (Å²) in [5.74, 6) is 0. The Labute approximate surface area is 158 Å². The van der Waals surface area contributed by atoms with Crippen LogP contribution in [0, 0.1) is 0 Å². The minimum absolute atomic E-state index is 0.583. The van der Waals surface area contributed by atoms with Gasteiger partial charge in [-0.15, -0.1) is 0 Å². The molecule has 6 N–H and O–H groups in total. The van der Waals surface area contributed by atoms with Gasteiger partial charge in [-0.05, 0) is 0 Å². The highest BCUT2D eigenvalue weighted by atomic mass is 31.3.